The molecule has 12 heteroatoms. The number of aromatic hydroxyl groups is 1. The van der Waals surface area contributed by atoms with Gasteiger partial charge in [-0.1, -0.05) is 26.0 Å². The van der Waals surface area contributed by atoms with E-state index in [9.17, 15) is 34.2 Å². The zero-order valence-electron chi connectivity index (χ0n) is 20.5. The van der Waals surface area contributed by atoms with Gasteiger partial charge in [-0.25, -0.2) is 4.79 Å². The summed E-state index contributed by atoms with van der Waals surface area (Å²) < 4.78 is 0. The third kappa shape index (κ3) is 8.22. The predicted molar refractivity (Wildman–Crippen MR) is 129 cm³/mol. The molecule has 8 N–H and O–H groups in total. The van der Waals surface area contributed by atoms with E-state index in [1.54, 1.807) is 26.0 Å². The number of carbonyl (C=O) groups is 5. The van der Waals surface area contributed by atoms with E-state index in [1.807, 2.05) is 0 Å². The number of hydrogen-bond acceptors (Lipinski definition) is 7. The van der Waals surface area contributed by atoms with Crippen molar-refractivity contribution >= 4 is 29.6 Å². The molecular formula is C24H35N5O7. The molecule has 4 atom stereocenters. The minimum atomic E-state index is -1.40. The van der Waals surface area contributed by atoms with Crippen LogP contribution in [0.15, 0.2) is 24.3 Å². The largest absolute Gasteiger partial charge is 0.508 e. The van der Waals surface area contributed by atoms with E-state index in [0.29, 0.717) is 19.4 Å². The first kappa shape index (κ1) is 28.6. The maximum absolute atomic E-state index is 13.1. The van der Waals surface area contributed by atoms with Crippen LogP contribution in [0.25, 0.3) is 0 Å². The Morgan fingerprint density at radius 2 is 1.72 bits per heavy atom. The van der Waals surface area contributed by atoms with Crippen molar-refractivity contribution < 1.29 is 34.2 Å². The Morgan fingerprint density at radius 3 is 2.28 bits per heavy atom. The lowest BCUT2D eigenvalue weighted by molar-refractivity contribution is -0.143. The molecule has 1 saturated heterocycles. The number of nitrogens with two attached hydrogens (primary N) is 2. The third-order valence-electron chi connectivity index (χ3n) is 5.91. The van der Waals surface area contributed by atoms with Crippen LogP contribution < -0.4 is 22.1 Å². The van der Waals surface area contributed by atoms with Crippen LogP contribution in [0.5, 0.6) is 5.75 Å². The van der Waals surface area contributed by atoms with Crippen LogP contribution >= 0.6 is 0 Å². The molecule has 4 unspecified atom stereocenters. The highest BCUT2D eigenvalue weighted by atomic mass is 16.4. The lowest BCUT2D eigenvalue weighted by atomic mass is 10.0. The van der Waals surface area contributed by atoms with Gasteiger partial charge in [0.1, 0.15) is 23.9 Å². The molecular weight excluding hydrogens is 470 g/mol. The Morgan fingerprint density at radius 1 is 1.08 bits per heavy atom. The molecule has 1 aromatic rings. The van der Waals surface area contributed by atoms with E-state index in [0.717, 1.165) is 5.56 Å². The first-order chi connectivity index (χ1) is 16.9. The van der Waals surface area contributed by atoms with Gasteiger partial charge in [0.15, 0.2) is 0 Å². The van der Waals surface area contributed by atoms with Gasteiger partial charge < -0.3 is 37.2 Å². The summed E-state index contributed by atoms with van der Waals surface area (Å²) in [6, 6.07) is 1.83. The lowest BCUT2D eigenvalue weighted by Crippen LogP contribution is -2.57. The number of amides is 4. The molecule has 0 aromatic heterocycles. The average molecular weight is 506 g/mol. The summed E-state index contributed by atoms with van der Waals surface area (Å²) in [7, 11) is 0. The number of benzene rings is 1. The molecule has 1 aromatic carbocycles. The topological polar surface area (TPSA) is 205 Å². The van der Waals surface area contributed by atoms with Gasteiger partial charge in [0.2, 0.25) is 23.6 Å². The lowest BCUT2D eigenvalue weighted by Gasteiger charge is -2.28. The number of likely N-dealkylation sites (tertiary alicyclic amines) is 1. The van der Waals surface area contributed by atoms with Crippen molar-refractivity contribution in [1.82, 2.24) is 15.5 Å². The molecule has 1 fully saturated rings. The summed E-state index contributed by atoms with van der Waals surface area (Å²) in [5.74, 6) is -4.00. The van der Waals surface area contributed by atoms with Crippen molar-refractivity contribution in [1.29, 1.82) is 0 Å². The van der Waals surface area contributed by atoms with Crippen LogP contribution in [0.4, 0.5) is 0 Å². The second kappa shape index (κ2) is 12.9. The second-order valence-corrected chi connectivity index (χ2v) is 9.43. The maximum atomic E-state index is 13.1. The van der Waals surface area contributed by atoms with Crippen molar-refractivity contribution in [3.05, 3.63) is 29.8 Å². The Hall–Kier alpha value is -3.67. The first-order valence-corrected chi connectivity index (χ1v) is 11.8. The number of nitrogens with zero attached hydrogens (tertiary/aromatic N) is 1. The van der Waals surface area contributed by atoms with Gasteiger partial charge in [0, 0.05) is 6.54 Å². The van der Waals surface area contributed by atoms with Crippen LogP contribution in [-0.4, -0.2) is 75.4 Å². The molecule has 12 nitrogen and oxygen atoms in total. The Kier molecular flexibility index (Phi) is 10.2. The average Bonchev–Trinajstić information content (AvgIpc) is 3.28. The quantitative estimate of drug-likeness (QED) is 0.212. The fraction of sp³-hybridized carbons (Fsp3) is 0.542. The molecule has 0 radical (unpaired) electrons. The Balaban J connectivity index is 2.08. The standard InChI is InChI=1S/C24H35N5O7/c1-13(2)10-18(24(35)36)28-21(32)17(12-20(26)31)27-22(33)19-4-3-9-29(19)23(34)16(25)11-14-5-7-15(30)8-6-14/h5-8,13,16-19,30H,3-4,9-12,25H2,1-2H3,(H2,26,31)(H,27,33)(H,28,32)(H,35,36). The van der Waals surface area contributed by atoms with Crippen molar-refractivity contribution in [2.45, 2.75) is 70.1 Å². The highest BCUT2D eigenvalue weighted by Crippen LogP contribution is 2.20. The number of hydrogen-bond donors (Lipinski definition) is 6. The van der Waals surface area contributed by atoms with Crippen LogP contribution in [-0.2, 0) is 30.4 Å². The number of phenolic OH excluding ortho intramolecular Hbond substituents is 1. The second-order valence-electron chi connectivity index (χ2n) is 9.43. The van der Waals surface area contributed by atoms with Gasteiger partial charge in [-0.05, 0) is 49.3 Å². The number of carboxylic acid groups (broad SMARTS) is 1. The molecule has 0 saturated carbocycles. The van der Waals surface area contributed by atoms with Crippen molar-refractivity contribution in [2.24, 2.45) is 17.4 Å². The zero-order chi connectivity index (χ0) is 27.0. The highest BCUT2D eigenvalue weighted by molar-refractivity contribution is 5.96. The van der Waals surface area contributed by atoms with Crippen LogP contribution in [0, 0.1) is 5.92 Å². The van der Waals surface area contributed by atoms with Crippen molar-refractivity contribution in [2.75, 3.05) is 6.54 Å². The molecule has 198 valence electrons. The van der Waals surface area contributed by atoms with Crippen LogP contribution in [0.3, 0.4) is 0 Å². The normalized spacial score (nSPS) is 17.8. The highest BCUT2D eigenvalue weighted by Gasteiger charge is 2.38. The summed E-state index contributed by atoms with van der Waals surface area (Å²) in [6.07, 6.45) is 0.690. The number of phenols is 1. The fourth-order valence-corrected chi connectivity index (χ4v) is 4.13. The SMILES string of the molecule is CC(C)CC(NC(=O)C(CC(N)=O)NC(=O)C1CCCN1C(=O)C(N)Cc1ccc(O)cc1)C(=O)O. The van der Waals surface area contributed by atoms with E-state index >= 15 is 0 Å². The Bertz CT molecular complexity index is 966. The van der Waals surface area contributed by atoms with E-state index in [1.165, 1.54) is 17.0 Å². The number of carboxylic acids is 1. The van der Waals surface area contributed by atoms with E-state index in [-0.39, 0.29) is 24.5 Å². The van der Waals surface area contributed by atoms with Gasteiger partial charge in [0.25, 0.3) is 0 Å². The number of aliphatic carboxylic acids is 1. The molecule has 1 aliphatic heterocycles. The van der Waals surface area contributed by atoms with E-state index in [2.05, 4.69) is 10.6 Å². The summed E-state index contributed by atoms with van der Waals surface area (Å²) in [6.45, 7) is 3.88. The summed E-state index contributed by atoms with van der Waals surface area (Å²) in [5, 5.41) is 23.6. The molecule has 0 spiro atoms. The fourth-order valence-electron chi connectivity index (χ4n) is 4.13. The predicted octanol–water partition coefficient (Wildman–Crippen LogP) is -0.771. The molecule has 0 bridgehead atoms. The number of rotatable bonds is 12. The van der Waals surface area contributed by atoms with Crippen molar-refractivity contribution in [3.8, 4) is 5.75 Å². The number of nitrogens with one attached hydrogen (secondary N) is 2. The molecule has 36 heavy (non-hydrogen) atoms. The summed E-state index contributed by atoms with van der Waals surface area (Å²) >= 11 is 0. The number of carbonyl (C=O) groups excluding carboxylic acids is 4. The smallest absolute Gasteiger partial charge is 0.326 e. The van der Waals surface area contributed by atoms with Crippen LogP contribution in [0.2, 0.25) is 0 Å². The van der Waals surface area contributed by atoms with E-state index in [4.69, 9.17) is 11.5 Å². The first-order valence-electron chi connectivity index (χ1n) is 11.8. The molecule has 1 heterocycles. The third-order valence-corrected chi connectivity index (χ3v) is 5.91. The van der Waals surface area contributed by atoms with Crippen molar-refractivity contribution in [3.63, 3.8) is 0 Å². The maximum Gasteiger partial charge on any atom is 0.326 e. The molecule has 1 aliphatic rings. The monoisotopic (exact) mass is 505 g/mol. The van der Waals surface area contributed by atoms with Gasteiger partial charge in [-0.2, -0.15) is 0 Å². The van der Waals surface area contributed by atoms with Gasteiger partial charge >= 0.3 is 5.97 Å². The Labute approximate surface area is 209 Å². The molecule has 4 amide bonds. The summed E-state index contributed by atoms with van der Waals surface area (Å²) in [5.41, 5.74) is 12.1. The minimum absolute atomic E-state index is 0.0283. The van der Waals surface area contributed by atoms with Gasteiger partial charge in [0.05, 0.1) is 12.5 Å². The van der Waals surface area contributed by atoms with Gasteiger partial charge in [-0.15, -0.1) is 0 Å². The van der Waals surface area contributed by atoms with Crippen LogP contribution in [0.1, 0.15) is 45.1 Å². The summed E-state index contributed by atoms with van der Waals surface area (Å²) in [4.78, 5) is 63.2. The molecule has 0 aliphatic carbocycles. The zero-order valence-corrected chi connectivity index (χ0v) is 20.5. The van der Waals surface area contributed by atoms with E-state index < -0.39 is 60.2 Å². The molecule has 2 rings (SSSR count). The van der Waals surface area contributed by atoms with Gasteiger partial charge in [-0.3, -0.25) is 19.2 Å². The minimum Gasteiger partial charge on any atom is -0.508 e. The number of primary amides is 1.